The lowest BCUT2D eigenvalue weighted by atomic mass is 9.96. The summed E-state index contributed by atoms with van der Waals surface area (Å²) in [5.41, 5.74) is -0.568. The van der Waals surface area contributed by atoms with Crippen LogP contribution in [-0.4, -0.2) is 70.5 Å². The third-order valence-corrected chi connectivity index (χ3v) is 6.12. The Labute approximate surface area is 237 Å². The number of alkyl carbamates (subject to hydrolysis) is 1. The first-order chi connectivity index (χ1) is 18.2. The highest BCUT2D eigenvalue weighted by Crippen LogP contribution is 2.32. The summed E-state index contributed by atoms with van der Waals surface area (Å²) >= 11 is 4.30. The van der Waals surface area contributed by atoms with E-state index in [1.165, 1.54) is 11.0 Å². The van der Waals surface area contributed by atoms with Crippen LogP contribution in [0.3, 0.4) is 0 Å². The first kappa shape index (κ1) is 34.1. The monoisotopic (exact) mass is 567 g/mol. The summed E-state index contributed by atoms with van der Waals surface area (Å²) in [5, 5.41) is 16.0. The maximum absolute atomic E-state index is 14.0. The van der Waals surface area contributed by atoms with Gasteiger partial charge in [-0.2, -0.15) is 12.6 Å². The maximum Gasteiger partial charge on any atom is 0.408 e. The topological polar surface area (TPSA) is 134 Å². The number of rotatable bonds is 14. The number of esters is 1. The van der Waals surface area contributed by atoms with Crippen LogP contribution in [0.2, 0.25) is 0 Å². The van der Waals surface area contributed by atoms with Gasteiger partial charge < -0.3 is 30.1 Å². The van der Waals surface area contributed by atoms with Crippen molar-refractivity contribution in [2.45, 2.75) is 91.5 Å². The van der Waals surface area contributed by atoms with Crippen LogP contribution in [0, 0.1) is 5.92 Å². The number of ether oxygens (including phenoxy) is 2. The lowest BCUT2D eigenvalue weighted by Crippen LogP contribution is -2.56. The third-order valence-electron chi connectivity index (χ3n) is 5.75. The minimum Gasteiger partial charge on any atom is -0.508 e. The van der Waals surface area contributed by atoms with Gasteiger partial charge >= 0.3 is 12.1 Å². The van der Waals surface area contributed by atoms with E-state index >= 15 is 0 Å². The molecule has 0 aliphatic heterocycles. The number of para-hydroxylation sites is 1. The van der Waals surface area contributed by atoms with Gasteiger partial charge in [-0.25, -0.2) is 4.79 Å². The van der Waals surface area contributed by atoms with Crippen molar-refractivity contribution in [3.8, 4) is 5.75 Å². The van der Waals surface area contributed by atoms with Crippen molar-refractivity contribution in [1.29, 1.82) is 0 Å². The average molecular weight is 568 g/mol. The molecule has 0 radical (unpaired) electrons. The Kier molecular flexibility index (Phi) is 14.2. The number of amides is 3. The zero-order chi connectivity index (χ0) is 29.8. The predicted octanol–water partition coefficient (Wildman–Crippen LogP) is 3.98. The van der Waals surface area contributed by atoms with Crippen molar-refractivity contribution in [1.82, 2.24) is 15.5 Å². The zero-order valence-electron chi connectivity index (χ0n) is 24.2. The number of benzene rings is 1. The van der Waals surface area contributed by atoms with Crippen molar-refractivity contribution < 1.29 is 33.8 Å². The van der Waals surface area contributed by atoms with Crippen LogP contribution in [0.1, 0.15) is 79.3 Å². The van der Waals surface area contributed by atoms with E-state index in [1.54, 1.807) is 45.9 Å². The second kappa shape index (κ2) is 16.2. The first-order valence-electron chi connectivity index (χ1n) is 13.4. The van der Waals surface area contributed by atoms with E-state index in [4.69, 9.17) is 9.47 Å². The summed E-state index contributed by atoms with van der Waals surface area (Å²) < 4.78 is 10.3. The number of hydrogen-bond acceptors (Lipinski definition) is 8. The van der Waals surface area contributed by atoms with Crippen molar-refractivity contribution in [2.75, 3.05) is 18.9 Å². The van der Waals surface area contributed by atoms with Gasteiger partial charge in [-0.3, -0.25) is 14.4 Å². The van der Waals surface area contributed by atoms with Crippen molar-refractivity contribution in [3.05, 3.63) is 29.8 Å². The smallest absolute Gasteiger partial charge is 0.408 e. The number of carbonyl (C=O) groups is 4. The van der Waals surface area contributed by atoms with E-state index in [9.17, 15) is 24.3 Å². The third kappa shape index (κ3) is 11.8. The highest BCUT2D eigenvalue weighted by molar-refractivity contribution is 7.80. The molecule has 3 atom stereocenters. The summed E-state index contributed by atoms with van der Waals surface area (Å²) in [6, 6.07) is 3.47. The van der Waals surface area contributed by atoms with Crippen LogP contribution in [0.4, 0.5) is 4.79 Å². The molecule has 1 aromatic carbocycles. The molecule has 1 aromatic rings. The minimum atomic E-state index is -1.24. The van der Waals surface area contributed by atoms with Gasteiger partial charge in [0.1, 0.15) is 23.4 Å². The van der Waals surface area contributed by atoms with E-state index < -0.39 is 47.6 Å². The van der Waals surface area contributed by atoms with Gasteiger partial charge in [-0.05, 0) is 59.4 Å². The highest BCUT2D eigenvalue weighted by Gasteiger charge is 2.39. The Morgan fingerprint density at radius 2 is 1.72 bits per heavy atom. The molecule has 10 nitrogen and oxygen atoms in total. The Hall–Kier alpha value is -2.95. The molecule has 0 aliphatic carbocycles. The van der Waals surface area contributed by atoms with Gasteiger partial charge in [0.2, 0.25) is 11.8 Å². The summed E-state index contributed by atoms with van der Waals surface area (Å²) in [6.07, 6.45) is 0.495. The SMILES string of the molecule is CCOC(=O)CCNC(=O)C(c1ccccc1O)N(C(=O)C(CS)NC(=O)OC(C)(C)C)C(C)CCC(C)C. The summed E-state index contributed by atoms with van der Waals surface area (Å²) in [5.74, 6) is -1.48. The molecule has 0 bridgehead atoms. The molecule has 11 heteroatoms. The lowest BCUT2D eigenvalue weighted by molar-refractivity contribution is -0.145. The fraction of sp³-hybridized carbons (Fsp3) is 0.643. The van der Waals surface area contributed by atoms with E-state index in [1.807, 2.05) is 6.92 Å². The molecular weight excluding hydrogens is 522 g/mol. The Balaban J connectivity index is 3.47. The number of phenolic OH excluding ortho intramolecular Hbond substituents is 1. The Morgan fingerprint density at radius 1 is 1.08 bits per heavy atom. The van der Waals surface area contributed by atoms with Crippen molar-refractivity contribution in [2.24, 2.45) is 5.92 Å². The minimum absolute atomic E-state index is 0.0175. The highest BCUT2D eigenvalue weighted by atomic mass is 32.1. The van der Waals surface area contributed by atoms with Gasteiger partial charge in [-0.1, -0.05) is 32.0 Å². The summed E-state index contributed by atoms with van der Waals surface area (Å²) in [6.45, 7) is 13.0. The fourth-order valence-corrected chi connectivity index (χ4v) is 4.13. The number of hydrogen-bond donors (Lipinski definition) is 4. The largest absolute Gasteiger partial charge is 0.508 e. The van der Waals surface area contributed by atoms with E-state index in [-0.39, 0.29) is 36.6 Å². The molecule has 0 saturated heterocycles. The lowest BCUT2D eigenvalue weighted by Gasteiger charge is -2.38. The molecule has 0 saturated carbocycles. The number of nitrogens with zero attached hydrogens (tertiary/aromatic N) is 1. The maximum atomic E-state index is 14.0. The number of aromatic hydroxyl groups is 1. The molecule has 3 amide bonds. The van der Waals surface area contributed by atoms with Crippen molar-refractivity contribution >= 4 is 36.5 Å². The molecular formula is C28H45N3O7S. The Bertz CT molecular complexity index is 965. The van der Waals surface area contributed by atoms with Gasteiger partial charge in [0, 0.05) is 23.9 Å². The molecule has 0 fully saturated rings. The molecule has 0 aliphatic rings. The second-order valence-corrected chi connectivity index (χ2v) is 11.1. The van der Waals surface area contributed by atoms with Gasteiger partial charge in [0.05, 0.1) is 13.0 Å². The number of phenols is 1. The predicted molar refractivity (Wildman–Crippen MR) is 152 cm³/mol. The Morgan fingerprint density at radius 3 is 2.26 bits per heavy atom. The molecule has 0 heterocycles. The van der Waals surface area contributed by atoms with Crippen LogP contribution in [0.5, 0.6) is 5.75 Å². The van der Waals surface area contributed by atoms with E-state index in [2.05, 4.69) is 37.1 Å². The van der Waals surface area contributed by atoms with Crippen LogP contribution >= 0.6 is 12.6 Å². The zero-order valence-corrected chi connectivity index (χ0v) is 25.0. The average Bonchev–Trinajstić information content (AvgIpc) is 2.83. The van der Waals surface area contributed by atoms with Crippen molar-refractivity contribution in [3.63, 3.8) is 0 Å². The summed E-state index contributed by atoms with van der Waals surface area (Å²) in [4.78, 5) is 53.4. The van der Waals surface area contributed by atoms with Gasteiger partial charge in [-0.15, -0.1) is 0 Å². The van der Waals surface area contributed by atoms with Crippen LogP contribution in [-0.2, 0) is 23.9 Å². The van der Waals surface area contributed by atoms with Crippen LogP contribution in [0.15, 0.2) is 24.3 Å². The van der Waals surface area contributed by atoms with E-state index in [0.29, 0.717) is 12.3 Å². The standard InChI is InChI=1S/C28H45N3O7S/c1-8-37-23(33)15-16-29-25(34)24(20-11-9-10-12-22(20)32)31(19(4)14-13-18(2)3)26(35)21(17-39)30-27(36)38-28(5,6)7/h9-12,18-19,21,24,32,39H,8,13-17H2,1-7H3,(H,29,34)(H,30,36). The first-order valence-corrected chi connectivity index (χ1v) is 14.0. The molecule has 0 spiro atoms. The van der Waals surface area contributed by atoms with Gasteiger partial charge in [0.15, 0.2) is 0 Å². The molecule has 3 unspecified atom stereocenters. The number of carbonyl (C=O) groups excluding carboxylic acids is 4. The molecule has 3 N–H and O–H groups in total. The quantitative estimate of drug-likeness (QED) is 0.197. The summed E-state index contributed by atoms with van der Waals surface area (Å²) in [7, 11) is 0. The fourth-order valence-electron chi connectivity index (χ4n) is 3.88. The van der Waals surface area contributed by atoms with Gasteiger partial charge in [0.25, 0.3) is 0 Å². The molecule has 39 heavy (non-hydrogen) atoms. The molecule has 1 rings (SSSR count). The second-order valence-electron chi connectivity index (χ2n) is 10.8. The number of thiol groups is 1. The normalized spacial score (nSPS) is 13.7. The van der Waals surface area contributed by atoms with Crippen LogP contribution < -0.4 is 10.6 Å². The van der Waals surface area contributed by atoms with E-state index in [0.717, 1.165) is 6.42 Å². The molecule has 220 valence electrons. The number of nitrogens with one attached hydrogen (secondary N) is 2. The molecule has 0 aromatic heterocycles. The van der Waals surface area contributed by atoms with Crippen LogP contribution in [0.25, 0.3) is 0 Å².